The number of phenols is 1. The number of nitrogen functional groups attached to an aromatic ring is 1. The maximum absolute atomic E-state index is 10.1. The topological polar surface area (TPSA) is 72.0 Å². The maximum atomic E-state index is 10.1. The lowest BCUT2D eigenvalue weighted by Crippen LogP contribution is -1.98. The van der Waals surface area contributed by atoms with E-state index in [9.17, 15) is 5.11 Å². The lowest BCUT2D eigenvalue weighted by molar-refractivity contribution is 0.477. The van der Waals surface area contributed by atoms with Crippen LogP contribution in [-0.4, -0.2) is 15.1 Å². The highest BCUT2D eigenvalue weighted by Crippen LogP contribution is 2.31. The molecule has 0 saturated heterocycles. The van der Waals surface area contributed by atoms with Crippen molar-refractivity contribution in [3.05, 3.63) is 84.9 Å². The number of phenolic OH excluding ortho intramolecular Hbond substituents is 1. The summed E-state index contributed by atoms with van der Waals surface area (Å²) in [6.45, 7) is 0. The summed E-state index contributed by atoms with van der Waals surface area (Å²) in [4.78, 5) is 8.61. The minimum Gasteiger partial charge on any atom is -0.507 e. The SMILES string of the molecule is Nc1nc(-c2ccc(-c3ccccc3)cc2)cc(-c2ccccc2O)n1. The van der Waals surface area contributed by atoms with Gasteiger partial charge in [0.1, 0.15) is 5.75 Å². The van der Waals surface area contributed by atoms with E-state index < -0.39 is 0 Å². The smallest absolute Gasteiger partial charge is 0.221 e. The average Bonchev–Trinajstić information content (AvgIpc) is 2.69. The van der Waals surface area contributed by atoms with E-state index in [4.69, 9.17) is 5.73 Å². The quantitative estimate of drug-likeness (QED) is 0.564. The summed E-state index contributed by atoms with van der Waals surface area (Å²) in [6, 6.07) is 27.2. The molecule has 0 aliphatic carbocycles. The van der Waals surface area contributed by atoms with Gasteiger partial charge in [0.15, 0.2) is 0 Å². The van der Waals surface area contributed by atoms with Crippen LogP contribution in [-0.2, 0) is 0 Å². The molecule has 0 saturated carbocycles. The number of aromatic hydroxyl groups is 1. The fourth-order valence-corrected chi connectivity index (χ4v) is 2.91. The minimum atomic E-state index is 0.163. The third-order valence-electron chi connectivity index (χ3n) is 4.21. The van der Waals surface area contributed by atoms with Gasteiger partial charge in [0, 0.05) is 11.1 Å². The molecule has 3 aromatic carbocycles. The Balaban J connectivity index is 1.73. The summed E-state index contributed by atoms with van der Waals surface area (Å²) in [6.07, 6.45) is 0. The second-order valence-corrected chi connectivity index (χ2v) is 5.96. The normalized spacial score (nSPS) is 10.6. The third kappa shape index (κ3) is 3.13. The molecule has 0 fully saturated rings. The van der Waals surface area contributed by atoms with Crippen molar-refractivity contribution in [3.8, 4) is 39.4 Å². The maximum Gasteiger partial charge on any atom is 0.221 e. The van der Waals surface area contributed by atoms with Gasteiger partial charge in [-0.15, -0.1) is 0 Å². The van der Waals surface area contributed by atoms with Crippen LogP contribution in [0, 0.1) is 0 Å². The monoisotopic (exact) mass is 339 g/mol. The van der Waals surface area contributed by atoms with Crippen LogP contribution >= 0.6 is 0 Å². The van der Waals surface area contributed by atoms with Crippen LogP contribution in [0.5, 0.6) is 5.75 Å². The molecule has 0 bridgehead atoms. The number of nitrogens with two attached hydrogens (primary N) is 1. The van der Waals surface area contributed by atoms with E-state index in [0.717, 1.165) is 22.4 Å². The zero-order chi connectivity index (χ0) is 17.9. The standard InChI is InChI=1S/C22H17N3O/c23-22-24-19(14-20(25-22)18-8-4-5-9-21(18)26)17-12-10-16(11-13-17)15-6-2-1-3-7-15/h1-14,26H,(H2,23,24,25). The molecular formula is C22H17N3O. The first-order valence-electron chi connectivity index (χ1n) is 8.29. The number of para-hydroxylation sites is 1. The van der Waals surface area contributed by atoms with Gasteiger partial charge in [-0.25, -0.2) is 9.97 Å². The number of benzene rings is 3. The molecule has 1 aromatic heterocycles. The molecule has 0 aliphatic rings. The molecule has 0 atom stereocenters. The van der Waals surface area contributed by atoms with E-state index in [1.54, 1.807) is 18.2 Å². The van der Waals surface area contributed by atoms with E-state index in [-0.39, 0.29) is 11.7 Å². The molecule has 4 rings (SSSR count). The lowest BCUT2D eigenvalue weighted by Gasteiger charge is -2.08. The van der Waals surface area contributed by atoms with Crippen molar-refractivity contribution in [1.29, 1.82) is 0 Å². The minimum absolute atomic E-state index is 0.163. The molecule has 26 heavy (non-hydrogen) atoms. The Morgan fingerprint density at radius 2 is 1.19 bits per heavy atom. The number of rotatable bonds is 3. The molecular weight excluding hydrogens is 322 g/mol. The molecule has 4 aromatic rings. The highest BCUT2D eigenvalue weighted by atomic mass is 16.3. The molecule has 0 amide bonds. The van der Waals surface area contributed by atoms with Gasteiger partial charge in [0.25, 0.3) is 0 Å². The molecule has 3 N–H and O–H groups in total. The first kappa shape index (κ1) is 15.8. The zero-order valence-electron chi connectivity index (χ0n) is 14.0. The number of hydrogen-bond acceptors (Lipinski definition) is 4. The van der Waals surface area contributed by atoms with Crippen molar-refractivity contribution in [2.45, 2.75) is 0 Å². The summed E-state index contributed by atoms with van der Waals surface area (Å²) in [7, 11) is 0. The summed E-state index contributed by atoms with van der Waals surface area (Å²) >= 11 is 0. The average molecular weight is 339 g/mol. The van der Waals surface area contributed by atoms with Crippen LogP contribution in [0.3, 0.4) is 0 Å². The number of aromatic nitrogens is 2. The van der Waals surface area contributed by atoms with Gasteiger partial charge < -0.3 is 10.8 Å². The number of hydrogen-bond donors (Lipinski definition) is 2. The Hall–Kier alpha value is -3.66. The van der Waals surface area contributed by atoms with Crippen LogP contribution in [0.1, 0.15) is 0 Å². The van der Waals surface area contributed by atoms with Crippen molar-refractivity contribution < 1.29 is 5.11 Å². The predicted molar refractivity (Wildman–Crippen MR) is 104 cm³/mol. The van der Waals surface area contributed by atoms with Crippen molar-refractivity contribution in [2.75, 3.05) is 5.73 Å². The Morgan fingerprint density at radius 3 is 1.92 bits per heavy atom. The summed E-state index contributed by atoms with van der Waals surface area (Å²) in [5.41, 5.74) is 11.1. The molecule has 4 nitrogen and oxygen atoms in total. The first-order valence-corrected chi connectivity index (χ1v) is 8.29. The van der Waals surface area contributed by atoms with Crippen molar-refractivity contribution in [1.82, 2.24) is 9.97 Å². The summed E-state index contributed by atoms with van der Waals surface area (Å²) < 4.78 is 0. The van der Waals surface area contributed by atoms with Crippen molar-refractivity contribution in [3.63, 3.8) is 0 Å². The molecule has 0 radical (unpaired) electrons. The Labute approximate surface area is 151 Å². The van der Waals surface area contributed by atoms with Gasteiger partial charge >= 0.3 is 0 Å². The highest BCUT2D eigenvalue weighted by Gasteiger charge is 2.10. The van der Waals surface area contributed by atoms with E-state index in [1.165, 1.54) is 0 Å². The predicted octanol–water partition coefficient (Wildman–Crippen LogP) is 4.77. The van der Waals surface area contributed by atoms with Crippen molar-refractivity contribution in [2.24, 2.45) is 0 Å². The lowest BCUT2D eigenvalue weighted by atomic mass is 10.0. The summed E-state index contributed by atoms with van der Waals surface area (Å²) in [5.74, 6) is 0.337. The van der Waals surface area contributed by atoms with Gasteiger partial charge in [0.05, 0.1) is 11.4 Å². The molecule has 1 heterocycles. The number of anilines is 1. The van der Waals surface area contributed by atoms with Crippen molar-refractivity contribution >= 4 is 5.95 Å². The Morgan fingerprint density at radius 1 is 0.615 bits per heavy atom. The van der Waals surface area contributed by atoms with Gasteiger partial charge in [-0.1, -0.05) is 66.7 Å². The first-order chi connectivity index (χ1) is 12.7. The van der Waals surface area contributed by atoms with Crippen LogP contribution in [0.25, 0.3) is 33.6 Å². The van der Waals surface area contributed by atoms with E-state index in [1.807, 2.05) is 42.5 Å². The van der Waals surface area contributed by atoms with Gasteiger partial charge in [-0.3, -0.25) is 0 Å². The Kier molecular flexibility index (Phi) is 4.07. The zero-order valence-corrected chi connectivity index (χ0v) is 14.0. The van der Waals surface area contributed by atoms with Crippen LogP contribution in [0.2, 0.25) is 0 Å². The van der Waals surface area contributed by atoms with Crippen LogP contribution in [0.4, 0.5) is 5.95 Å². The fourth-order valence-electron chi connectivity index (χ4n) is 2.91. The number of nitrogens with zero attached hydrogens (tertiary/aromatic N) is 2. The second-order valence-electron chi connectivity index (χ2n) is 5.96. The van der Waals surface area contributed by atoms with E-state index >= 15 is 0 Å². The molecule has 126 valence electrons. The van der Waals surface area contributed by atoms with E-state index in [2.05, 4.69) is 34.2 Å². The van der Waals surface area contributed by atoms with Crippen LogP contribution in [0.15, 0.2) is 84.9 Å². The Bertz CT molecular complexity index is 1040. The van der Waals surface area contributed by atoms with Crippen LogP contribution < -0.4 is 5.73 Å². The molecule has 0 unspecified atom stereocenters. The second kappa shape index (κ2) is 6.69. The highest BCUT2D eigenvalue weighted by molar-refractivity contribution is 5.74. The van der Waals surface area contributed by atoms with Gasteiger partial charge in [-0.05, 0) is 29.3 Å². The summed E-state index contributed by atoms with van der Waals surface area (Å²) in [5, 5.41) is 10.1. The largest absolute Gasteiger partial charge is 0.507 e. The fraction of sp³-hybridized carbons (Fsp3) is 0. The third-order valence-corrected chi connectivity index (χ3v) is 4.21. The molecule has 0 spiro atoms. The van der Waals surface area contributed by atoms with Gasteiger partial charge in [-0.2, -0.15) is 0 Å². The molecule has 0 aliphatic heterocycles. The van der Waals surface area contributed by atoms with E-state index in [0.29, 0.717) is 11.3 Å². The van der Waals surface area contributed by atoms with Gasteiger partial charge in [0.2, 0.25) is 5.95 Å². The molecule has 4 heteroatoms.